The predicted octanol–water partition coefficient (Wildman–Crippen LogP) is 3.96. The minimum Gasteiger partial charge on any atom is -0.508 e. The molecule has 0 amide bonds. The molecule has 0 aromatic heterocycles. The second-order valence-electron chi connectivity index (χ2n) is 5.53. The van der Waals surface area contributed by atoms with Crippen molar-refractivity contribution in [2.45, 2.75) is 46.2 Å². The largest absolute Gasteiger partial charge is 0.508 e. The van der Waals surface area contributed by atoms with E-state index in [0.717, 1.165) is 6.42 Å². The van der Waals surface area contributed by atoms with E-state index in [9.17, 15) is 9.50 Å². The Hall–Kier alpha value is -1.09. The first-order chi connectivity index (χ1) is 8.32. The molecule has 2 atom stereocenters. The third-order valence-corrected chi connectivity index (χ3v) is 3.55. The van der Waals surface area contributed by atoms with Gasteiger partial charge in [0.05, 0.1) is 0 Å². The van der Waals surface area contributed by atoms with Crippen LogP contribution >= 0.6 is 0 Å². The minimum atomic E-state index is -0.342. The van der Waals surface area contributed by atoms with E-state index in [2.05, 4.69) is 25.7 Å². The van der Waals surface area contributed by atoms with Crippen LogP contribution in [-0.4, -0.2) is 23.1 Å². The van der Waals surface area contributed by atoms with E-state index in [1.54, 1.807) is 6.07 Å². The Morgan fingerprint density at radius 2 is 1.83 bits per heavy atom. The topological polar surface area (TPSA) is 23.5 Å². The summed E-state index contributed by atoms with van der Waals surface area (Å²) >= 11 is 0. The fraction of sp³-hybridized carbons (Fsp3) is 0.600. The van der Waals surface area contributed by atoms with Crippen molar-refractivity contribution in [1.29, 1.82) is 0 Å². The van der Waals surface area contributed by atoms with Gasteiger partial charge in [-0.2, -0.15) is 0 Å². The van der Waals surface area contributed by atoms with Gasteiger partial charge in [0.15, 0.2) is 0 Å². The third kappa shape index (κ3) is 3.70. The number of halogens is 1. The maximum absolute atomic E-state index is 13.8. The summed E-state index contributed by atoms with van der Waals surface area (Å²) in [5.41, 5.74) is 0.630. The van der Waals surface area contributed by atoms with Crippen molar-refractivity contribution in [3.63, 3.8) is 0 Å². The molecule has 1 rings (SSSR count). The van der Waals surface area contributed by atoms with Gasteiger partial charge in [0.2, 0.25) is 0 Å². The fourth-order valence-corrected chi connectivity index (χ4v) is 2.30. The van der Waals surface area contributed by atoms with Gasteiger partial charge in [-0.1, -0.05) is 19.9 Å². The SMILES string of the molecule is CC(C)CC(C)N(C)C(C)c1ccc(O)cc1F. The van der Waals surface area contributed by atoms with Crippen molar-refractivity contribution < 1.29 is 9.50 Å². The van der Waals surface area contributed by atoms with Gasteiger partial charge in [0.25, 0.3) is 0 Å². The molecule has 1 N–H and O–H groups in total. The van der Waals surface area contributed by atoms with Gasteiger partial charge in [0.1, 0.15) is 11.6 Å². The molecular weight excluding hydrogens is 229 g/mol. The van der Waals surface area contributed by atoms with Crippen molar-refractivity contribution in [1.82, 2.24) is 4.90 Å². The quantitative estimate of drug-likeness (QED) is 0.858. The lowest BCUT2D eigenvalue weighted by molar-refractivity contribution is 0.173. The molecule has 0 fully saturated rings. The van der Waals surface area contributed by atoms with E-state index in [-0.39, 0.29) is 17.6 Å². The van der Waals surface area contributed by atoms with E-state index >= 15 is 0 Å². The average molecular weight is 253 g/mol. The zero-order chi connectivity index (χ0) is 13.9. The molecule has 0 saturated carbocycles. The van der Waals surface area contributed by atoms with Gasteiger partial charge in [-0.25, -0.2) is 4.39 Å². The lowest BCUT2D eigenvalue weighted by Gasteiger charge is -2.32. The van der Waals surface area contributed by atoms with Gasteiger partial charge in [0, 0.05) is 23.7 Å². The fourth-order valence-electron chi connectivity index (χ4n) is 2.30. The normalized spacial score (nSPS) is 15.1. The molecule has 0 aliphatic heterocycles. The van der Waals surface area contributed by atoms with Crippen LogP contribution in [0.2, 0.25) is 0 Å². The number of nitrogens with zero attached hydrogens (tertiary/aromatic N) is 1. The van der Waals surface area contributed by atoms with E-state index in [4.69, 9.17) is 0 Å². The van der Waals surface area contributed by atoms with Crippen molar-refractivity contribution >= 4 is 0 Å². The number of rotatable bonds is 5. The Kier molecular flexibility index (Phi) is 5.15. The zero-order valence-electron chi connectivity index (χ0n) is 11.9. The first-order valence-electron chi connectivity index (χ1n) is 6.53. The van der Waals surface area contributed by atoms with E-state index < -0.39 is 0 Å². The zero-order valence-corrected chi connectivity index (χ0v) is 11.9. The van der Waals surface area contributed by atoms with Gasteiger partial charge < -0.3 is 5.11 Å². The first-order valence-corrected chi connectivity index (χ1v) is 6.53. The summed E-state index contributed by atoms with van der Waals surface area (Å²) in [6.45, 7) is 8.54. The summed E-state index contributed by atoms with van der Waals surface area (Å²) < 4.78 is 13.8. The molecule has 3 heteroatoms. The molecule has 0 saturated heterocycles. The molecule has 0 aliphatic carbocycles. The summed E-state index contributed by atoms with van der Waals surface area (Å²) in [5.74, 6) is 0.256. The van der Waals surface area contributed by atoms with Crippen molar-refractivity contribution in [2.75, 3.05) is 7.05 Å². The second-order valence-corrected chi connectivity index (χ2v) is 5.53. The maximum Gasteiger partial charge on any atom is 0.131 e. The van der Waals surface area contributed by atoms with Crippen LogP contribution in [0.5, 0.6) is 5.75 Å². The highest BCUT2D eigenvalue weighted by Crippen LogP contribution is 2.27. The number of benzene rings is 1. The van der Waals surface area contributed by atoms with Crippen LogP contribution in [0, 0.1) is 11.7 Å². The van der Waals surface area contributed by atoms with Crippen LogP contribution in [-0.2, 0) is 0 Å². The van der Waals surface area contributed by atoms with E-state index in [1.807, 2.05) is 14.0 Å². The molecule has 0 aliphatic rings. The highest BCUT2D eigenvalue weighted by Gasteiger charge is 2.20. The van der Waals surface area contributed by atoms with Crippen LogP contribution in [0.1, 0.15) is 45.7 Å². The number of phenols is 1. The number of hydrogen-bond donors (Lipinski definition) is 1. The van der Waals surface area contributed by atoms with E-state index in [1.165, 1.54) is 12.1 Å². The van der Waals surface area contributed by atoms with Gasteiger partial charge in [-0.15, -0.1) is 0 Å². The van der Waals surface area contributed by atoms with Crippen LogP contribution in [0.15, 0.2) is 18.2 Å². The molecule has 0 spiro atoms. The number of hydrogen-bond acceptors (Lipinski definition) is 2. The Morgan fingerprint density at radius 1 is 1.22 bits per heavy atom. The summed E-state index contributed by atoms with van der Waals surface area (Å²) in [6.07, 6.45) is 1.08. The Bertz CT molecular complexity index is 392. The lowest BCUT2D eigenvalue weighted by Crippen LogP contribution is -2.33. The first kappa shape index (κ1) is 15.0. The Labute approximate surface area is 109 Å². The molecule has 102 valence electrons. The van der Waals surface area contributed by atoms with Crippen LogP contribution in [0.3, 0.4) is 0 Å². The average Bonchev–Trinajstić information content (AvgIpc) is 2.26. The Morgan fingerprint density at radius 3 is 2.33 bits per heavy atom. The van der Waals surface area contributed by atoms with Crippen molar-refractivity contribution in [3.8, 4) is 5.75 Å². The highest BCUT2D eigenvalue weighted by molar-refractivity contribution is 5.29. The lowest BCUT2D eigenvalue weighted by atomic mass is 10.00. The molecule has 2 nitrogen and oxygen atoms in total. The second kappa shape index (κ2) is 6.19. The molecule has 1 aromatic carbocycles. The minimum absolute atomic E-state index is 0.000602. The van der Waals surface area contributed by atoms with Crippen molar-refractivity contribution in [2.24, 2.45) is 5.92 Å². The summed E-state index contributed by atoms with van der Waals surface area (Å²) in [6, 6.07) is 4.77. The van der Waals surface area contributed by atoms with Gasteiger partial charge in [-0.05, 0) is 39.3 Å². The molecule has 2 unspecified atom stereocenters. The molecule has 0 bridgehead atoms. The number of phenolic OH excluding ortho intramolecular Hbond substituents is 1. The van der Waals surface area contributed by atoms with Gasteiger partial charge >= 0.3 is 0 Å². The van der Waals surface area contributed by atoms with Crippen LogP contribution in [0.25, 0.3) is 0 Å². The smallest absolute Gasteiger partial charge is 0.131 e. The highest BCUT2D eigenvalue weighted by atomic mass is 19.1. The number of aromatic hydroxyl groups is 1. The summed E-state index contributed by atoms with van der Waals surface area (Å²) in [4.78, 5) is 2.18. The van der Waals surface area contributed by atoms with E-state index in [0.29, 0.717) is 17.5 Å². The summed E-state index contributed by atoms with van der Waals surface area (Å²) in [5, 5.41) is 9.23. The molecule has 0 radical (unpaired) electrons. The standard InChI is InChI=1S/C15H24FNO/c1-10(2)8-11(3)17(5)12(4)14-7-6-13(18)9-15(14)16/h6-7,9-12,18H,8H2,1-5H3. The molecular formula is C15H24FNO. The monoisotopic (exact) mass is 253 g/mol. The maximum atomic E-state index is 13.8. The molecule has 0 heterocycles. The molecule has 18 heavy (non-hydrogen) atoms. The van der Waals surface area contributed by atoms with Crippen molar-refractivity contribution in [3.05, 3.63) is 29.6 Å². The van der Waals surface area contributed by atoms with Gasteiger partial charge in [-0.3, -0.25) is 4.90 Å². The van der Waals surface area contributed by atoms with Crippen LogP contribution < -0.4 is 0 Å². The molecule has 1 aromatic rings. The Balaban J connectivity index is 2.82. The third-order valence-electron chi connectivity index (χ3n) is 3.55. The predicted molar refractivity (Wildman–Crippen MR) is 73.2 cm³/mol. The summed E-state index contributed by atoms with van der Waals surface area (Å²) in [7, 11) is 2.02. The van der Waals surface area contributed by atoms with Crippen LogP contribution in [0.4, 0.5) is 4.39 Å².